The number of aromatic nitrogens is 2. The molecule has 1 aromatic carbocycles. The topological polar surface area (TPSA) is 25.8 Å². The molecule has 0 N–H and O–H groups in total. The molecular formula is C18H12N2. The Balaban J connectivity index is 2.11. The van der Waals surface area contributed by atoms with Gasteiger partial charge in [-0.3, -0.25) is 4.98 Å². The van der Waals surface area contributed by atoms with Gasteiger partial charge in [0.15, 0.2) is 0 Å². The number of pyridine rings is 2. The molecule has 0 saturated carbocycles. The van der Waals surface area contributed by atoms with Crippen LogP contribution in [0.15, 0.2) is 42.6 Å². The van der Waals surface area contributed by atoms with Crippen molar-refractivity contribution in [1.29, 1.82) is 0 Å². The second-order valence-electron chi connectivity index (χ2n) is 4.41. The molecule has 94 valence electrons. The quantitative estimate of drug-likeness (QED) is 0.378. The number of fused-ring (bicyclic) bond motifs is 3. The van der Waals surface area contributed by atoms with E-state index < -0.39 is 0 Å². The van der Waals surface area contributed by atoms with Crippen molar-refractivity contribution in [1.82, 2.24) is 9.97 Å². The minimum atomic E-state index is 0.672. The summed E-state index contributed by atoms with van der Waals surface area (Å²) in [6, 6.07) is 12.0. The van der Waals surface area contributed by atoms with Crippen molar-refractivity contribution in [2.24, 2.45) is 0 Å². The minimum absolute atomic E-state index is 0.672. The number of nitrogens with zero attached hydrogens (tertiary/aromatic N) is 2. The number of benzene rings is 1. The van der Waals surface area contributed by atoms with Gasteiger partial charge in [-0.2, -0.15) is 0 Å². The number of hydrogen-bond donors (Lipinski definition) is 0. The lowest BCUT2D eigenvalue weighted by Gasteiger charge is -2.02. The fourth-order valence-corrected chi connectivity index (χ4v) is 2.08. The summed E-state index contributed by atoms with van der Waals surface area (Å²) < 4.78 is 0. The van der Waals surface area contributed by atoms with E-state index in [2.05, 4.69) is 39.9 Å². The zero-order valence-electron chi connectivity index (χ0n) is 10.9. The highest BCUT2D eigenvalue weighted by atomic mass is 14.7. The van der Waals surface area contributed by atoms with Gasteiger partial charge < -0.3 is 0 Å². The third-order valence-electron chi connectivity index (χ3n) is 3.04. The smallest absolute Gasteiger partial charge is 0.113 e. The van der Waals surface area contributed by atoms with Crippen LogP contribution >= 0.6 is 0 Å². The van der Waals surface area contributed by atoms with Gasteiger partial charge in [-0.25, -0.2) is 4.98 Å². The van der Waals surface area contributed by atoms with Crippen molar-refractivity contribution < 1.29 is 0 Å². The van der Waals surface area contributed by atoms with E-state index in [1.165, 1.54) is 0 Å². The van der Waals surface area contributed by atoms with Gasteiger partial charge in [0.1, 0.15) is 5.69 Å². The summed E-state index contributed by atoms with van der Waals surface area (Å²) >= 11 is 0. The Morgan fingerprint density at radius 2 is 1.75 bits per heavy atom. The Morgan fingerprint density at radius 3 is 2.60 bits per heavy atom. The molecule has 2 heteroatoms. The third-order valence-corrected chi connectivity index (χ3v) is 3.04. The Morgan fingerprint density at radius 1 is 0.950 bits per heavy atom. The fraction of sp³-hybridized carbons (Fsp3) is 0.111. The molecule has 0 spiro atoms. The number of rotatable bonds is 1. The van der Waals surface area contributed by atoms with Gasteiger partial charge in [0.2, 0.25) is 0 Å². The monoisotopic (exact) mass is 256 g/mol. The molecule has 0 saturated heterocycles. The first-order valence-electron chi connectivity index (χ1n) is 6.45. The molecule has 3 aromatic rings. The second-order valence-corrected chi connectivity index (χ2v) is 4.41. The molecule has 0 aliphatic carbocycles. The summed E-state index contributed by atoms with van der Waals surface area (Å²) in [7, 11) is 0. The molecule has 0 fully saturated rings. The predicted octanol–water partition coefficient (Wildman–Crippen LogP) is 3.55. The molecule has 0 unspecified atom stereocenters. The maximum Gasteiger partial charge on any atom is 0.113 e. The van der Waals surface area contributed by atoms with Crippen molar-refractivity contribution in [3.63, 3.8) is 0 Å². The second kappa shape index (κ2) is 5.43. The van der Waals surface area contributed by atoms with Crippen LogP contribution in [0.25, 0.3) is 21.8 Å². The van der Waals surface area contributed by atoms with Crippen LogP contribution in [0.4, 0.5) is 0 Å². The molecule has 0 aliphatic rings. The summed E-state index contributed by atoms with van der Waals surface area (Å²) in [5.74, 6) is 8.67. The van der Waals surface area contributed by atoms with Gasteiger partial charge in [0.05, 0.1) is 11.0 Å². The van der Waals surface area contributed by atoms with Gasteiger partial charge in [0.25, 0.3) is 0 Å². The highest BCUT2D eigenvalue weighted by Gasteiger charge is 2.03. The Hall–Kier alpha value is -2.84. The van der Waals surface area contributed by atoms with Crippen LogP contribution in [-0.4, -0.2) is 9.97 Å². The van der Waals surface area contributed by atoms with E-state index in [9.17, 15) is 0 Å². The third kappa shape index (κ3) is 2.32. The van der Waals surface area contributed by atoms with Crippen molar-refractivity contribution in [2.45, 2.75) is 12.8 Å². The Bertz CT molecular complexity index is 876. The molecule has 0 amide bonds. The van der Waals surface area contributed by atoms with E-state index in [-0.39, 0.29) is 0 Å². The van der Waals surface area contributed by atoms with Crippen LogP contribution in [0.1, 0.15) is 18.5 Å². The van der Waals surface area contributed by atoms with Gasteiger partial charge in [-0.05, 0) is 24.1 Å². The van der Waals surface area contributed by atoms with Crippen molar-refractivity contribution in [3.8, 4) is 24.2 Å². The summed E-state index contributed by atoms with van der Waals surface area (Å²) in [5.41, 5.74) is 2.57. The van der Waals surface area contributed by atoms with Gasteiger partial charge in [0, 0.05) is 29.8 Å². The van der Waals surface area contributed by atoms with E-state index >= 15 is 0 Å². The van der Waals surface area contributed by atoms with E-state index in [0.717, 1.165) is 27.5 Å². The molecule has 2 nitrogen and oxygen atoms in total. The number of unbranched alkanes of at least 4 members (excludes halogenated alkanes) is 1. The van der Waals surface area contributed by atoms with Gasteiger partial charge in [-0.15, -0.1) is 12.3 Å². The molecule has 0 bridgehead atoms. The first kappa shape index (κ1) is 12.2. The summed E-state index contributed by atoms with van der Waals surface area (Å²) in [6.45, 7) is 0. The molecular weight excluding hydrogens is 244 g/mol. The minimum Gasteiger partial charge on any atom is -0.254 e. The Labute approximate surface area is 117 Å². The molecule has 3 rings (SSSR count). The lowest BCUT2D eigenvalue weighted by Crippen LogP contribution is -1.88. The van der Waals surface area contributed by atoms with E-state index in [1.54, 1.807) is 6.20 Å². The standard InChI is InChI=1S/C18H12N2/c1-2-3-4-5-8-16-12-11-15-10-9-14-7-6-13-19-17(14)18(15)20-16/h1,6-7,9-13H,3-4H2. The SMILES string of the molecule is C#CCCC#Cc1ccc2ccc3cccnc3c2n1. The van der Waals surface area contributed by atoms with E-state index in [4.69, 9.17) is 6.42 Å². The van der Waals surface area contributed by atoms with Gasteiger partial charge >= 0.3 is 0 Å². The zero-order valence-corrected chi connectivity index (χ0v) is 10.9. The number of hydrogen-bond acceptors (Lipinski definition) is 2. The first-order chi connectivity index (χ1) is 9.88. The normalized spacial score (nSPS) is 9.95. The van der Waals surface area contributed by atoms with E-state index in [0.29, 0.717) is 12.8 Å². The number of terminal acetylenes is 1. The summed E-state index contributed by atoms with van der Waals surface area (Å²) in [6.07, 6.45) is 8.36. The molecule has 0 aliphatic heterocycles. The molecule has 2 aromatic heterocycles. The van der Waals surface area contributed by atoms with Crippen LogP contribution in [0.5, 0.6) is 0 Å². The lowest BCUT2D eigenvalue weighted by molar-refractivity contribution is 1.12. The highest BCUT2D eigenvalue weighted by Crippen LogP contribution is 2.21. The van der Waals surface area contributed by atoms with Crippen molar-refractivity contribution in [3.05, 3.63) is 48.3 Å². The largest absolute Gasteiger partial charge is 0.254 e. The van der Waals surface area contributed by atoms with Crippen LogP contribution in [0, 0.1) is 24.2 Å². The van der Waals surface area contributed by atoms with Crippen LogP contribution in [0.3, 0.4) is 0 Å². The summed E-state index contributed by atoms with van der Waals surface area (Å²) in [4.78, 5) is 9.04. The average molecular weight is 256 g/mol. The van der Waals surface area contributed by atoms with Crippen LogP contribution in [0.2, 0.25) is 0 Å². The lowest BCUT2D eigenvalue weighted by atomic mass is 10.1. The van der Waals surface area contributed by atoms with Crippen LogP contribution < -0.4 is 0 Å². The average Bonchev–Trinajstić information content (AvgIpc) is 2.51. The predicted molar refractivity (Wildman–Crippen MR) is 82.0 cm³/mol. The maximum atomic E-state index is 5.20. The molecule has 0 atom stereocenters. The Kier molecular flexibility index (Phi) is 3.31. The summed E-state index contributed by atoms with van der Waals surface area (Å²) in [5, 5.41) is 2.16. The fourth-order valence-electron chi connectivity index (χ4n) is 2.08. The molecule has 2 heterocycles. The maximum absolute atomic E-state index is 5.20. The van der Waals surface area contributed by atoms with Crippen molar-refractivity contribution in [2.75, 3.05) is 0 Å². The van der Waals surface area contributed by atoms with Crippen molar-refractivity contribution >= 4 is 21.8 Å². The molecule has 20 heavy (non-hydrogen) atoms. The van der Waals surface area contributed by atoms with Crippen LogP contribution in [-0.2, 0) is 0 Å². The highest BCUT2D eigenvalue weighted by molar-refractivity contribution is 6.02. The molecule has 0 radical (unpaired) electrons. The van der Waals surface area contributed by atoms with E-state index in [1.807, 2.05) is 24.3 Å². The first-order valence-corrected chi connectivity index (χ1v) is 6.45. The van der Waals surface area contributed by atoms with Gasteiger partial charge in [-0.1, -0.05) is 24.1 Å². The zero-order chi connectivity index (χ0) is 13.8.